The van der Waals surface area contributed by atoms with E-state index in [2.05, 4.69) is 25.8 Å². The van der Waals surface area contributed by atoms with Crippen molar-refractivity contribution < 1.29 is 4.74 Å². The first-order chi connectivity index (χ1) is 9.88. The highest BCUT2D eigenvalue weighted by molar-refractivity contribution is 6.15. The zero-order valence-electron chi connectivity index (χ0n) is 15.7. The van der Waals surface area contributed by atoms with Gasteiger partial charge in [-0.25, -0.2) is 0 Å². The van der Waals surface area contributed by atoms with E-state index in [-0.39, 0.29) is 10.9 Å². The molecule has 0 aromatic carbocycles. The Balaban J connectivity index is 0.000000921. The van der Waals surface area contributed by atoms with Crippen LogP contribution in [0.15, 0.2) is 11.3 Å². The largest absolute Gasteiger partial charge is 0.382 e. The molecular formula is C18H36BNO. The summed E-state index contributed by atoms with van der Waals surface area (Å²) in [6.07, 6.45) is 5.68. The molecule has 2 atom stereocenters. The third kappa shape index (κ3) is 5.05. The van der Waals surface area contributed by atoms with Crippen LogP contribution in [0.2, 0.25) is 5.31 Å². The molecule has 0 amide bonds. The molecule has 21 heavy (non-hydrogen) atoms. The van der Waals surface area contributed by atoms with Crippen molar-refractivity contribution in [3.05, 3.63) is 11.3 Å². The van der Waals surface area contributed by atoms with E-state index < -0.39 is 0 Å². The fourth-order valence-electron chi connectivity index (χ4n) is 3.45. The molecule has 2 rings (SSSR count). The van der Waals surface area contributed by atoms with E-state index in [0.717, 1.165) is 25.9 Å². The lowest BCUT2D eigenvalue weighted by Crippen LogP contribution is -2.43. The minimum absolute atomic E-state index is 0.0176. The van der Waals surface area contributed by atoms with Gasteiger partial charge in [-0.2, -0.15) is 0 Å². The topological polar surface area (TPSA) is 12.5 Å². The molecule has 0 saturated heterocycles. The minimum Gasteiger partial charge on any atom is -0.382 e. The molecule has 3 heteroatoms. The van der Waals surface area contributed by atoms with Gasteiger partial charge >= 0.3 is 0 Å². The van der Waals surface area contributed by atoms with Crippen LogP contribution in [0, 0.1) is 0 Å². The number of hydrogen-bond acceptors (Lipinski definition) is 2. The number of likely N-dealkylation sites (N-methyl/N-ethyl adjacent to an activating group) is 1. The number of methoxy groups -OCH3 is 1. The van der Waals surface area contributed by atoms with Crippen LogP contribution in [0.5, 0.6) is 0 Å². The van der Waals surface area contributed by atoms with Crippen molar-refractivity contribution in [1.29, 1.82) is 0 Å². The van der Waals surface area contributed by atoms with E-state index in [0.29, 0.717) is 0 Å². The third-order valence-corrected chi connectivity index (χ3v) is 4.45. The minimum atomic E-state index is -0.0176. The zero-order valence-corrected chi connectivity index (χ0v) is 15.7. The van der Waals surface area contributed by atoms with Crippen molar-refractivity contribution in [3.63, 3.8) is 0 Å². The number of nitrogens with zero attached hydrogens (tertiary/aromatic N) is 1. The Morgan fingerprint density at radius 2 is 1.71 bits per heavy atom. The second-order valence-electron chi connectivity index (χ2n) is 6.40. The maximum Gasteiger partial charge on any atom is 0.0746 e. The first kappa shape index (κ1) is 20.6. The van der Waals surface area contributed by atoms with Gasteiger partial charge in [-0.05, 0) is 38.2 Å². The SMILES string of the molecule is CC.CC.[B]C1(C)CCCC2=C(C1)CC(C)(COC)N2C. The van der Waals surface area contributed by atoms with Crippen LogP contribution in [-0.2, 0) is 4.74 Å². The fourth-order valence-corrected chi connectivity index (χ4v) is 3.45. The molecular weight excluding hydrogens is 257 g/mol. The lowest BCUT2D eigenvalue weighted by atomic mass is 9.64. The first-order valence-corrected chi connectivity index (χ1v) is 8.60. The maximum atomic E-state index is 6.36. The molecule has 0 saturated carbocycles. The van der Waals surface area contributed by atoms with Crippen molar-refractivity contribution in [2.75, 3.05) is 20.8 Å². The van der Waals surface area contributed by atoms with Crippen LogP contribution in [0.4, 0.5) is 0 Å². The van der Waals surface area contributed by atoms with Gasteiger partial charge in [0.1, 0.15) is 0 Å². The quantitative estimate of drug-likeness (QED) is 0.668. The van der Waals surface area contributed by atoms with E-state index >= 15 is 0 Å². The van der Waals surface area contributed by atoms with E-state index in [1.54, 1.807) is 12.7 Å². The summed E-state index contributed by atoms with van der Waals surface area (Å²) in [4.78, 5) is 2.44. The van der Waals surface area contributed by atoms with Gasteiger partial charge in [0.25, 0.3) is 0 Å². The van der Waals surface area contributed by atoms with Gasteiger partial charge in [-0.1, -0.05) is 46.4 Å². The van der Waals surface area contributed by atoms with Gasteiger partial charge in [0.05, 0.1) is 20.0 Å². The second kappa shape index (κ2) is 8.87. The van der Waals surface area contributed by atoms with Gasteiger partial charge in [-0.15, -0.1) is 0 Å². The molecule has 0 N–H and O–H groups in total. The normalized spacial score (nSPS) is 31.5. The molecule has 2 unspecified atom stereocenters. The molecule has 0 spiro atoms. The van der Waals surface area contributed by atoms with Crippen molar-refractivity contribution in [2.24, 2.45) is 0 Å². The second-order valence-corrected chi connectivity index (χ2v) is 6.40. The highest BCUT2D eigenvalue weighted by Gasteiger charge is 2.41. The summed E-state index contributed by atoms with van der Waals surface area (Å²) in [6.45, 7) is 13.3. The van der Waals surface area contributed by atoms with E-state index in [9.17, 15) is 0 Å². The standard InChI is InChI=1S/C14H24BNO.2C2H6/c1-13(15)7-5-6-12-11(8-13)9-14(2,10-17-4)16(12)3;2*1-2/h5-10H2,1-4H3;2*1-2H3. The van der Waals surface area contributed by atoms with Crippen molar-refractivity contribution in [1.82, 2.24) is 4.90 Å². The van der Waals surface area contributed by atoms with Crippen LogP contribution >= 0.6 is 0 Å². The monoisotopic (exact) mass is 293 g/mol. The summed E-state index contributed by atoms with van der Waals surface area (Å²) in [5.41, 5.74) is 3.22. The smallest absolute Gasteiger partial charge is 0.0746 e. The van der Waals surface area contributed by atoms with Gasteiger partial charge in [0.15, 0.2) is 0 Å². The van der Waals surface area contributed by atoms with Crippen LogP contribution in [0.3, 0.4) is 0 Å². The van der Waals surface area contributed by atoms with E-state index in [1.165, 1.54) is 18.5 Å². The van der Waals surface area contributed by atoms with Crippen LogP contribution in [0.1, 0.15) is 73.6 Å². The average Bonchev–Trinajstić information content (AvgIpc) is 2.59. The van der Waals surface area contributed by atoms with Crippen LogP contribution in [0.25, 0.3) is 0 Å². The lowest BCUT2D eigenvalue weighted by Gasteiger charge is -2.36. The van der Waals surface area contributed by atoms with E-state index in [4.69, 9.17) is 12.6 Å². The summed E-state index contributed by atoms with van der Waals surface area (Å²) >= 11 is 0. The highest BCUT2D eigenvalue weighted by atomic mass is 16.5. The van der Waals surface area contributed by atoms with Gasteiger partial charge in [0.2, 0.25) is 0 Å². The Kier molecular flexibility index (Phi) is 8.69. The summed E-state index contributed by atoms with van der Waals surface area (Å²) in [5.74, 6) is 0. The molecule has 1 aliphatic carbocycles. The number of ether oxygens (including phenoxy) is 1. The molecule has 1 heterocycles. The molecule has 0 aromatic rings. The van der Waals surface area contributed by atoms with E-state index in [1.807, 2.05) is 27.7 Å². The third-order valence-electron chi connectivity index (χ3n) is 4.45. The van der Waals surface area contributed by atoms with Crippen LogP contribution < -0.4 is 0 Å². The fraction of sp³-hybridized carbons (Fsp3) is 0.889. The predicted molar refractivity (Wildman–Crippen MR) is 95.0 cm³/mol. The molecule has 1 aliphatic heterocycles. The summed E-state index contributed by atoms with van der Waals surface area (Å²) in [5, 5.41) is -0.0176. The molecule has 0 bridgehead atoms. The Labute approximate surface area is 134 Å². The number of allylic oxidation sites excluding steroid dienone is 1. The summed E-state index contributed by atoms with van der Waals surface area (Å²) in [7, 11) is 10.4. The Bertz CT molecular complexity index is 338. The predicted octanol–water partition coefficient (Wildman–Crippen LogP) is 4.95. The molecule has 0 aromatic heterocycles. The summed E-state index contributed by atoms with van der Waals surface area (Å²) < 4.78 is 5.39. The highest BCUT2D eigenvalue weighted by Crippen LogP contribution is 2.48. The average molecular weight is 293 g/mol. The molecule has 122 valence electrons. The van der Waals surface area contributed by atoms with Crippen LogP contribution in [-0.4, -0.2) is 39.0 Å². The Morgan fingerprint density at radius 3 is 2.24 bits per heavy atom. The van der Waals surface area contributed by atoms with Crippen molar-refractivity contribution in [3.8, 4) is 0 Å². The van der Waals surface area contributed by atoms with Gasteiger partial charge < -0.3 is 9.64 Å². The molecule has 2 radical (unpaired) electrons. The maximum absolute atomic E-state index is 6.36. The van der Waals surface area contributed by atoms with Crippen molar-refractivity contribution in [2.45, 2.75) is 84.5 Å². The van der Waals surface area contributed by atoms with Gasteiger partial charge in [0, 0.05) is 19.9 Å². The Hall–Kier alpha value is -0.435. The first-order valence-electron chi connectivity index (χ1n) is 8.60. The van der Waals surface area contributed by atoms with Gasteiger partial charge in [-0.3, -0.25) is 0 Å². The molecule has 2 aliphatic rings. The Morgan fingerprint density at radius 1 is 1.14 bits per heavy atom. The number of hydrogen-bond donors (Lipinski definition) is 0. The lowest BCUT2D eigenvalue weighted by molar-refractivity contribution is 0.0682. The molecule has 2 nitrogen and oxygen atoms in total. The summed E-state index contributed by atoms with van der Waals surface area (Å²) in [6, 6.07) is 0. The number of rotatable bonds is 2. The zero-order chi connectivity index (χ0) is 16.7. The van der Waals surface area contributed by atoms with Crippen molar-refractivity contribution >= 4 is 7.85 Å². The molecule has 0 fully saturated rings.